The molecule has 0 heterocycles. The highest BCUT2D eigenvalue weighted by atomic mass is 16.6. The van der Waals surface area contributed by atoms with Crippen LogP contribution in [0.2, 0.25) is 0 Å². The summed E-state index contributed by atoms with van der Waals surface area (Å²) in [6, 6.07) is 0. The van der Waals surface area contributed by atoms with E-state index in [2.05, 4.69) is 81.5 Å². The number of carbonyl (C=O) groups excluding carboxylic acids is 3. The molecule has 0 spiro atoms. The zero-order valence-corrected chi connectivity index (χ0v) is 40.2. The van der Waals surface area contributed by atoms with Gasteiger partial charge in [-0.15, -0.1) is 0 Å². The van der Waals surface area contributed by atoms with Crippen molar-refractivity contribution in [3.8, 4) is 0 Å². The van der Waals surface area contributed by atoms with Crippen molar-refractivity contribution in [2.75, 3.05) is 13.2 Å². The van der Waals surface area contributed by atoms with Crippen LogP contribution in [0.15, 0.2) is 60.8 Å². The lowest BCUT2D eigenvalue weighted by molar-refractivity contribution is -0.167. The highest BCUT2D eigenvalue weighted by molar-refractivity contribution is 5.71. The minimum absolute atomic E-state index is 0.0816. The predicted molar refractivity (Wildman–Crippen MR) is 261 cm³/mol. The van der Waals surface area contributed by atoms with Crippen LogP contribution in [0.3, 0.4) is 0 Å². The van der Waals surface area contributed by atoms with Crippen LogP contribution < -0.4 is 0 Å². The van der Waals surface area contributed by atoms with Crippen molar-refractivity contribution < 1.29 is 28.6 Å². The van der Waals surface area contributed by atoms with Crippen molar-refractivity contribution >= 4 is 17.9 Å². The highest BCUT2D eigenvalue weighted by Gasteiger charge is 2.19. The van der Waals surface area contributed by atoms with Crippen LogP contribution in [0.25, 0.3) is 0 Å². The van der Waals surface area contributed by atoms with E-state index in [1.165, 1.54) is 116 Å². The number of hydrogen-bond acceptors (Lipinski definition) is 6. The Labute approximate surface area is 377 Å². The Morgan fingerprint density at radius 3 is 1.13 bits per heavy atom. The SMILES string of the molecule is CC/C=C\C/C=C\C/C=C\CCCCCCCCC(=O)OCC(COC(=O)CCCCCCCCCCCCCC)OC(=O)CCCCCCCC/C=C\C=C/CCCCC. The summed E-state index contributed by atoms with van der Waals surface area (Å²) in [5.41, 5.74) is 0. The van der Waals surface area contributed by atoms with Crippen molar-refractivity contribution in [3.63, 3.8) is 0 Å². The first kappa shape index (κ1) is 58.1. The highest BCUT2D eigenvalue weighted by Crippen LogP contribution is 2.15. The van der Waals surface area contributed by atoms with Gasteiger partial charge in [-0.2, -0.15) is 0 Å². The Morgan fingerprint density at radius 2 is 0.689 bits per heavy atom. The summed E-state index contributed by atoms with van der Waals surface area (Å²) in [7, 11) is 0. The first-order valence-corrected chi connectivity index (χ1v) is 25.8. The smallest absolute Gasteiger partial charge is 0.306 e. The van der Waals surface area contributed by atoms with Gasteiger partial charge in [0.05, 0.1) is 0 Å². The first-order valence-electron chi connectivity index (χ1n) is 25.8. The number of carbonyl (C=O) groups is 3. The molecule has 0 radical (unpaired) electrons. The molecule has 0 aromatic heterocycles. The van der Waals surface area contributed by atoms with E-state index in [4.69, 9.17) is 14.2 Å². The van der Waals surface area contributed by atoms with E-state index < -0.39 is 6.10 Å². The molecule has 0 amide bonds. The second kappa shape index (κ2) is 49.8. The molecule has 6 nitrogen and oxygen atoms in total. The topological polar surface area (TPSA) is 78.9 Å². The van der Waals surface area contributed by atoms with Gasteiger partial charge in [0.15, 0.2) is 6.10 Å². The van der Waals surface area contributed by atoms with Crippen molar-refractivity contribution in [1.82, 2.24) is 0 Å². The minimum atomic E-state index is -0.783. The fourth-order valence-electron chi connectivity index (χ4n) is 7.15. The molecule has 0 aromatic rings. The van der Waals surface area contributed by atoms with E-state index >= 15 is 0 Å². The number of allylic oxidation sites excluding steroid dienone is 10. The van der Waals surface area contributed by atoms with Gasteiger partial charge in [-0.05, 0) is 77.0 Å². The van der Waals surface area contributed by atoms with Gasteiger partial charge < -0.3 is 14.2 Å². The van der Waals surface area contributed by atoms with Crippen LogP contribution in [0.4, 0.5) is 0 Å². The van der Waals surface area contributed by atoms with Crippen LogP contribution in [0.1, 0.15) is 252 Å². The third-order valence-electron chi connectivity index (χ3n) is 11.0. The number of ether oxygens (including phenoxy) is 3. The van der Waals surface area contributed by atoms with Crippen LogP contribution in [0, 0.1) is 0 Å². The summed E-state index contributed by atoms with van der Waals surface area (Å²) in [5.74, 6) is -0.902. The summed E-state index contributed by atoms with van der Waals surface area (Å²) >= 11 is 0. The Bertz CT molecular complexity index is 1120. The fraction of sp³-hybridized carbons (Fsp3) is 0.764. The van der Waals surface area contributed by atoms with Gasteiger partial charge in [-0.25, -0.2) is 0 Å². The molecule has 0 bridgehead atoms. The lowest BCUT2D eigenvalue weighted by Crippen LogP contribution is -2.30. The number of rotatable bonds is 46. The molecule has 0 rings (SSSR count). The Hall–Kier alpha value is -2.89. The molecule has 0 N–H and O–H groups in total. The largest absolute Gasteiger partial charge is 0.462 e. The second-order valence-corrected chi connectivity index (χ2v) is 17.1. The third-order valence-corrected chi connectivity index (χ3v) is 11.0. The lowest BCUT2D eigenvalue weighted by atomic mass is 10.0. The molecule has 61 heavy (non-hydrogen) atoms. The third kappa shape index (κ3) is 48.0. The van der Waals surface area contributed by atoms with Crippen LogP contribution in [-0.2, 0) is 28.6 Å². The first-order chi connectivity index (χ1) is 30.0. The molecular formula is C55H96O6. The predicted octanol–water partition coefficient (Wildman–Crippen LogP) is 16.9. The van der Waals surface area contributed by atoms with Crippen molar-refractivity contribution in [1.29, 1.82) is 0 Å². The fourth-order valence-corrected chi connectivity index (χ4v) is 7.15. The van der Waals surface area contributed by atoms with Gasteiger partial charge >= 0.3 is 17.9 Å². The van der Waals surface area contributed by atoms with E-state index in [0.29, 0.717) is 19.3 Å². The number of unbranched alkanes of at least 4 members (excludes halogenated alkanes) is 26. The Balaban J connectivity index is 4.41. The maximum atomic E-state index is 12.8. The summed E-state index contributed by atoms with van der Waals surface area (Å²) in [6.45, 7) is 6.48. The van der Waals surface area contributed by atoms with Gasteiger partial charge in [0.25, 0.3) is 0 Å². The molecule has 0 aromatic carbocycles. The summed E-state index contributed by atoms with van der Waals surface area (Å²) in [5, 5.41) is 0. The molecule has 0 saturated heterocycles. The quantitative estimate of drug-likeness (QED) is 0.0200. The van der Waals surface area contributed by atoms with Gasteiger partial charge in [0.2, 0.25) is 0 Å². The summed E-state index contributed by atoms with van der Waals surface area (Å²) < 4.78 is 16.8. The zero-order chi connectivity index (χ0) is 44.4. The second-order valence-electron chi connectivity index (χ2n) is 17.1. The number of esters is 3. The van der Waals surface area contributed by atoms with E-state index in [9.17, 15) is 14.4 Å². The van der Waals surface area contributed by atoms with E-state index in [1.54, 1.807) is 0 Å². The van der Waals surface area contributed by atoms with Crippen molar-refractivity contribution in [2.24, 2.45) is 0 Å². The maximum Gasteiger partial charge on any atom is 0.306 e. The molecule has 6 heteroatoms. The van der Waals surface area contributed by atoms with Gasteiger partial charge in [0, 0.05) is 19.3 Å². The van der Waals surface area contributed by atoms with Crippen molar-refractivity contribution in [3.05, 3.63) is 60.8 Å². The molecule has 1 atom stereocenters. The van der Waals surface area contributed by atoms with E-state index in [-0.39, 0.29) is 31.1 Å². The molecule has 352 valence electrons. The van der Waals surface area contributed by atoms with Crippen LogP contribution >= 0.6 is 0 Å². The van der Waals surface area contributed by atoms with Gasteiger partial charge in [-0.3, -0.25) is 14.4 Å². The molecule has 0 fully saturated rings. The average molecular weight is 853 g/mol. The van der Waals surface area contributed by atoms with Gasteiger partial charge in [-0.1, -0.05) is 216 Å². The standard InChI is InChI=1S/C55H96O6/c1-4-7-10-13-16-19-22-25-27-29-30-33-36-39-42-45-48-54(57)60-51-52(50-59-53(56)47-44-41-38-35-32-24-21-18-15-12-9-6-3)61-55(58)49-46-43-40-37-34-31-28-26-23-20-17-14-11-8-5-2/h7,10,16-17,19-20,23,25-27,52H,4-6,8-9,11-15,18,21-22,24,28-51H2,1-3H3/b10-7-,19-16-,20-17-,26-23-,27-25-. The van der Waals surface area contributed by atoms with Crippen LogP contribution in [0.5, 0.6) is 0 Å². The van der Waals surface area contributed by atoms with Crippen molar-refractivity contribution in [2.45, 2.75) is 258 Å². The molecule has 0 saturated carbocycles. The number of hydrogen-bond donors (Lipinski definition) is 0. The van der Waals surface area contributed by atoms with Gasteiger partial charge in [0.1, 0.15) is 13.2 Å². The van der Waals surface area contributed by atoms with E-state index in [1.807, 2.05) is 0 Å². The normalized spacial score (nSPS) is 12.5. The molecule has 0 aliphatic carbocycles. The zero-order valence-electron chi connectivity index (χ0n) is 40.2. The molecule has 0 aliphatic rings. The monoisotopic (exact) mass is 853 g/mol. The summed E-state index contributed by atoms with van der Waals surface area (Å²) in [4.78, 5) is 38.0. The summed E-state index contributed by atoms with van der Waals surface area (Å²) in [6.07, 6.45) is 60.5. The van der Waals surface area contributed by atoms with E-state index in [0.717, 1.165) is 96.3 Å². The minimum Gasteiger partial charge on any atom is -0.462 e. The lowest BCUT2D eigenvalue weighted by Gasteiger charge is -2.18. The molecular weight excluding hydrogens is 757 g/mol. The maximum absolute atomic E-state index is 12.8. The average Bonchev–Trinajstić information content (AvgIpc) is 3.26. The van der Waals surface area contributed by atoms with Crippen LogP contribution in [-0.4, -0.2) is 37.2 Å². The molecule has 1 unspecified atom stereocenters. The molecule has 0 aliphatic heterocycles. The Morgan fingerprint density at radius 1 is 0.361 bits per heavy atom. The Kier molecular flexibility index (Phi) is 47.4.